The zero-order chi connectivity index (χ0) is 14.5. The largest absolute Gasteiger partial charge is 0.312 e. The number of hydrogen-bond donors (Lipinski definition) is 1. The van der Waals surface area contributed by atoms with Crippen molar-refractivity contribution in [2.75, 3.05) is 6.54 Å². The molecule has 1 aromatic rings. The molecule has 19 heavy (non-hydrogen) atoms. The fraction of sp³-hybridized carbons (Fsp3) is 0.812. The van der Waals surface area contributed by atoms with Gasteiger partial charge in [0.15, 0.2) is 0 Å². The molecule has 0 atom stereocenters. The van der Waals surface area contributed by atoms with Crippen LogP contribution in [0.5, 0.6) is 0 Å². The third-order valence-electron chi connectivity index (χ3n) is 3.59. The van der Waals surface area contributed by atoms with Crippen molar-refractivity contribution in [3.05, 3.63) is 17.0 Å². The summed E-state index contributed by atoms with van der Waals surface area (Å²) in [6.45, 7) is 15.3. The fourth-order valence-corrected chi connectivity index (χ4v) is 2.49. The Morgan fingerprint density at radius 2 is 1.79 bits per heavy atom. The van der Waals surface area contributed by atoms with Crippen LogP contribution in [0.4, 0.5) is 0 Å². The Labute approximate surface area is 118 Å². The van der Waals surface area contributed by atoms with Crippen LogP contribution in [0.3, 0.4) is 0 Å². The van der Waals surface area contributed by atoms with Gasteiger partial charge >= 0.3 is 0 Å². The minimum absolute atomic E-state index is 0.242. The molecule has 0 saturated heterocycles. The van der Waals surface area contributed by atoms with Crippen LogP contribution in [0, 0.1) is 13.8 Å². The van der Waals surface area contributed by atoms with Gasteiger partial charge in [-0.25, -0.2) is 0 Å². The second kappa shape index (κ2) is 7.09. The van der Waals surface area contributed by atoms with E-state index in [0.717, 1.165) is 19.5 Å². The van der Waals surface area contributed by atoms with Gasteiger partial charge in [0.1, 0.15) is 0 Å². The quantitative estimate of drug-likeness (QED) is 0.763. The standard InChI is InChI=1S/C16H31N3/c1-7-15-13(2)18-19(14(15)3)12-10-8-9-11-17-16(4,5)6/h17H,7-12H2,1-6H3. The first-order chi connectivity index (χ1) is 8.85. The molecule has 0 spiro atoms. The van der Waals surface area contributed by atoms with Crippen LogP contribution in [0.25, 0.3) is 0 Å². The van der Waals surface area contributed by atoms with E-state index in [1.54, 1.807) is 0 Å². The Balaban J connectivity index is 2.27. The van der Waals surface area contributed by atoms with Crippen molar-refractivity contribution in [2.24, 2.45) is 0 Å². The Hall–Kier alpha value is -0.830. The van der Waals surface area contributed by atoms with E-state index < -0.39 is 0 Å². The summed E-state index contributed by atoms with van der Waals surface area (Å²) in [6.07, 6.45) is 4.82. The predicted octanol–water partition coefficient (Wildman–Crippen LogP) is 3.62. The van der Waals surface area contributed by atoms with E-state index in [1.165, 1.54) is 36.2 Å². The summed E-state index contributed by atoms with van der Waals surface area (Å²) in [7, 11) is 0. The molecule has 0 aliphatic rings. The molecule has 110 valence electrons. The van der Waals surface area contributed by atoms with E-state index in [-0.39, 0.29) is 5.54 Å². The molecule has 1 heterocycles. The van der Waals surface area contributed by atoms with Gasteiger partial charge in [0, 0.05) is 17.8 Å². The summed E-state index contributed by atoms with van der Waals surface area (Å²) >= 11 is 0. The van der Waals surface area contributed by atoms with Crippen molar-refractivity contribution in [3.63, 3.8) is 0 Å². The maximum atomic E-state index is 4.64. The molecule has 0 bridgehead atoms. The highest BCUT2D eigenvalue weighted by Crippen LogP contribution is 2.14. The van der Waals surface area contributed by atoms with Crippen molar-refractivity contribution in [2.45, 2.75) is 79.3 Å². The normalized spacial score (nSPS) is 12.1. The minimum Gasteiger partial charge on any atom is -0.312 e. The SMILES string of the molecule is CCc1c(C)nn(CCCCCNC(C)(C)C)c1C. The molecule has 0 unspecified atom stereocenters. The number of aryl methyl sites for hydroxylation is 2. The zero-order valence-electron chi connectivity index (χ0n) is 13.6. The molecular formula is C16H31N3. The first kappa shape index (κ1) is 16.2. The zero-order valence-corrected chi connectivity index (χ0v) is 13.6. The molecule has 0 fully saturated rings. The fourth-order valence-electron chi connectivity index (χ4n) is 2.49. The highest BCUT2D eigenvalue weighted by Gasteiger charge is 2.09. The average molecular weight is 265 g/mol. The van der Waals surface area contributed by atoms with E-state index in [4.69, 9.17) is 0 Å². The lowest BCUT2D eigenvalue weighted by Gasteiger charge is -2.20. The van der Waals surface area contributed by atoms with Crippen molar-refractivity contribution in [1.29, 1.82) is 0 Å². The van der Waals surface area contributed by atoms with E-state index in [9.17, 15) is 0 Å². The molecule has 0 aliphatic carbocycles. The summed E-state index contributed by atoms with van der Waals surface area (Å²) in [6, 6.07) is 0. The first-order valence-electron chi connectivity index (χ1n) is 7.63. The van der Waals surface area contributed by atoms with Gasteiger partial charge in [-0.2, -0.15) is 5.10 Å². The molecule has 1 rings (SSSR count). The number of aromatic nitrogens is 2. The van der Waals surface area contributed by atoms with Crippen LogP contribution in [-0.4, -0.2) is 21.9 Å². The predicted molar refractivity (Wildman–Crippen MR) is 82.7 cm³/mol. The monoisotopic (exact) mass is 265 g/mol. The van der Waals surface area contributed by atoms with Gasteiger partial charge in [0.05, 0.1) is 5.69 Å². The van der Waals surface area contributed by atoms with Crippen molar-refractivity contribution in [3.8, 4) is 0 Å². The minimum atomic E-state index is 0.242. The second-order valence-electron chi connectivity index (χ2n) is 6.46. The molecular weight excluding hydrogens is 234 g/mol. The molecule has 0 aliphatic heterocycles. The van der Waals surface area contributed by atoms with Crippen molar-refractivity contribution in [1.82, 2.24) is 15.1 Å². The number of unbranched alkanes of at least 4 members (excludes halogenated alkanes) is 2. The molecule has 3 heteroatoms. The van der Waals surface area contributed by atoms with E-state index in [2.05, 4.69) is 56.6 Å². The van der Waals surface area contributed by atoms with Gasteiger partial charge in [0.25, 0.3) is 0 Å². The number of hydrogen-bond acceptors (Lipinski definition) is 2. The lowest BCUT2D eigenvalue weighted by Crippen LogP contribution is -2.36. The van der Waals surface area contributed by atoms with Gasteiger partial charge in [-0.1, -0.05) is 13.3 Å². The Bertz CT molecular complexity index is 385. The molecule has 1 aromatic heterocycles. The number of rotatable bonds is 7. The summed E-state index contributed by atoms with van der Waals surface area (Å²) in [5, 5.41) is 8.17. The van der Waals surface area contributed by atoms with E-state index >= 15 is 0 Å². The molecule has 0 amide bonds. The highest BCUT2D eigenvalue weighted by atomic mass is 15.3. The summed E-state index contributed by atoms with van der Waals surface area (Å²) in [5.74, 6) is 0. The van der Waals surface area contributed by atoms with Gasteiger partial charge in [-0.15, -0.1) is 0 Å². The molecule has 3 nitrogen and oxygen atoms in total. The van der Waals surface area contributed by atoms with Crippen molar-refractivity contribution < 1.29 is 0 Å². The van der Waals surface area contributed by atoms with Crippen LogP contribution in [0.2, 0.25) is 0 Å². The molecule has 0 radical (unpaired) electrons. The van der Waals surface area contributed by atoms with Gasteiger partial charge < -0.3 is 5.32 Å². The lowest BCUT2D eigenvalue weighted by atomic mass is 10.1. The second-order valence-corrected chi connectivity index (χ2v) is 6.46. The van der Waals surface area contributed by atoms with Crippen LogP contribution in [0.15, 0.2) is 0 Å². The Kier molecular flexibility index (Phi) is 6.05. The third-order valence-corrected chi connectivity index (χ3v) is 3.59. The Morgan fingerprint density at radius 1 is 1.11 bits per heavy atom. The highest BCUT2D eigenvalue weighted by molar-refractivity contribution is 5.24. The van der Waals surface area contributed by atoms with Gasteiger partial charge in [0.2, 0.25) is 0 Å². The third kappa shape index (κ3) is 5.35. The summed E-state index contributed by atoms with van der Waals surface area (Å²) in [4.78, 5) is 0. The molecule has 0 saturated carbocycles. The number of nitrogens with zero attached hydrogens (tertiary/aromatic N) is 2. The van der Waals surface area contributed by atoms with E-state index in [1.807, 2.05) is 0 Å². The smallest absolute Gasteiger partial charge is 0.0628 e. The van der Waals surface area contributed by atoms with Crippen LogP contribution in [0.1, 0.15) is 63.9 Å². The maximum absolute atomic E-state index is 4.64. The summed E-state index contributed by atoms with van der Waals surface area (Å²) in [5.41, 5.74) is 4.22. The first-order valence-corrected chi connectivity index (χ1v) is 7.63. The summed E-state index contributed by atoms with van der Waals surface area (Å²) < 4.78 is 2.19. The average Bonchev–Trinajstić information content (AvgIpc) is 2.57. The van der Waals surface area contributed by atoms with Gasteiger partial charge in [-0.3, -0.25) is 4.68 Å². The number of nitrogens with one attached hydrogen (secondary N) is 1. The maximum Gasteiger partial charge on any atom is 0.0628 e. The Morgan fingerprint density at radius 3 is 2.32 bits per heavy atom. The molecule has 1 N–H and O–H groups in total. The topological polar surface area (TPSA) is 29.9 Å². The van der Waals surface area contributed by atoms with Crippen LogP contribution < -0.4 is 5.32 Å². The molecule has 0 aromatic carbocycles. The lowest BCUT2D eigenvalue weighted by molar-refractivity contribution is 0.412. The van der Waals surface area contributed by atoms with Gasteiger partial charge in [-0.05, 0) is 66.0 Å². The van der Waals surface area contributed by atoms with Crippen LogP contribution in [-0.2, 0) is 13.0 Å². The van der Waals surface area contributed by atoms with Crippen molar-refractivity contribution >= 4 is 0 Å². The van der Waals surface area contributed by atoms with E-state index in [0.29, 0.717) is 0 Å². The van der Waals surface area contributed by atoms with Crippen LogP contribution >= 0.6 is 0 Å².